The van der Waals surface area contributed by atoms with E-state index >= 15 is 0 Å². The number of nitrogens with one attached hydrogen (secondary N) is 2. The number of imidazole rings is 1. The highest BCUT2D eigenvalue weighted by atomic mass is 32.1. The van der Waals surface area contributed by atoms with Crippen LogP contribution in [0.3, 0.4) is 0 Å². The molecule has 3 atom stereocenters. The lowest BCUT2D eigenvalue weighted by molar-refractivity contribution is -0.738. The maximum atomic E-state index is 11.3. The molecule has 1 saturated heterocycles. The van der Waals surface area contributed by atoms with Crippen LogP contribution in [0.1, 0.15) is 26.5 Å². The number of fused-ring (bicyclic) bond motifs is 1. The number of hydrogen-bond acceptors (Lipinski definition) is 8. The number of nitrogen functional groups attached to an aromatic ring is 1. The van der Waals surface area contributed by atoms with Crippen LogP contribution < -0.4 is 10.3 Å². The molecule has 0 amide bonds. The molecule has 1 fully saturated rings. The lowest BCUT2D eigenvalue weighted by Gasteiger charge is -2.17. The Hall–Kier alpha value is -2.53. The molecule has 10 nitrogen and oxygen atoms in total. The number of aromatic nitrogens is 4. The van der Waals surface area contributed by atoms with Crippen molar-refractivity contribution in [2.45, 2.75) is 38.7 Å². The zero-order chi connectivity index (χ0) is 18.1. The first-order valence-electron chi connectivity index (χ1n) is 7.59. The SMILES string of the molecule is CC(=O)OCC1OC([n+]2c[nH]c3c(=S)nc(N)[nH]c32)CC1OC(C)=O. The molecule has 0 bridgehead atoms. The number of carbonyl (C=O) groups is 2. The molecule has 0 aliphatic carbocycles. The van der Waals surface area contributed by atoms with Gasteiger partial charge < -0.3 is 19.9 Å². The van der Waals surface area contributed by atoms with E-state index in [-0.39, 0.29) is 12.6 Å². The first kappa shape index (κ1) is 17.3. The second-order valence-corrected chi connectivity index (χ2v) is 6.03. The van der Waals surface area contributed by atoms with E-state index in [1.807, 2.05) is 0 Å². The van der Waals surface area contributed by atoms with Gasteiger partial charge in [-0.3, -0.25) is 14.6 Å². The largest absolute Gasteiger partial charge is 0.463 e. The van der Waals surface area contributed by atoms with Gasteiger partial charge in [0, 0.05) is 20.3 Å². The molecular weight excluding hydrogens is 350 g/mol. The number of carbonyl (C=O) groups excluding carboxylic acids is 2. The van der Waals surface area contributed by atoms with E-state index in [9.17, 15) is 9.59 Å². The van der Waals surface area contributed by atoms with Crippen LogP contribution in [-0.2, 0) is 23.8 Å². The summed E-state index contributed by atoms with van der Waals surface area (Å²) >= 11 is 5.18. The van der Waals surface area contributed by atoms with E-state index in [0.29, 0.717) is 22.2 Å². The molecule has 25 heavy (non-hydrogen) atoms. The fourth-order valence-electron chi connectivity index (χ4n) is 2.79. The maximum absolute atomic E-state index is 11.3. The minimum atomic E-state index is -0.572. The summed E-state index contributed by atoms with van der Waals surface area (Å²) in [4.78, 5) is 32.3. The predicted octanol–water partition coefficient (Wildman–Crippen LogP) is 0.272. The summed E-state index contributed by atoms with van der Waals surface area (Å²) in [5, 5.41) is 0. The molecule has 3 unspecified atom stereocenters. The number of hydrogen-bond donors (Lipinski definition) is 3. The Morgan fingerprint density at radius 2 is 2.24 bits per heavy atom. The van der Waals surface area contributed by atoms with Crippen molar-refractivity contribution in [3.63, 3.8) is 0 Å². The number of nitrogens with zero attached hydrogens (tertiary/aromatic N) is 2. The Morgan fingerprint density at radius 3 is 2.92 bits per heavy atom. The topological polar surface area (TPSA) is 136 Å². The summed E-state index contributed by atoms with van der Waals surface area (Å²) in [6.07, 6.45) is 0.471. The Kier molecular flexibility index (Phi) is 4.68. The van der Waals surface area contributed by atoms with Gasteiger partial charge in [-0.25, -0.2) is 9.55 Å². The van der Waals surface area contributed by atoms with Crippen LogP contribution in [0, 0.1) is 4.64 Å². The normalized spacial score (nSPS) is 22.9. The fraction of sp³-hybridized carbons (Fsp3) is 0.500. The number of ether oxygens (including phenoxy) is 3. The molecule has 11 heteroatoms. The Balaban J connectivity index is 1.89. The number of esters is 2. The molecule has 1 aliphatic heterocycles. The first-order chi connectivity index (χ1) is 11.8. The van der Waals surface area contributed by atoms with Gasteiger partial charge in [-0.2, -0.15) is 4.98 Å². The van der Waals surface area contributed by atoms with Gasteiger partial charge in [0.2, 0.25) is 5.52 Å². The molecule has 2 aromatic rings. The van der Waals surface area contributed by atoms with Crippen molar-refractivity contribution in [1.29, 1.82) is 0 Å². The van der Waals surface area contributed by atoms with E-state index < -0.39 is 30.4 Å². The van der Waals surface area contributed by atoms with Crippen molar-refractivity contribution in [3.8, 4) is 0 Å². The molecule has 0 spiro atoms. The number of H-pyrrole nitrogens is 2. The van der Waals surface area contributed by atoms with Crippen LogP contribution in [0.15, 0.2) is 6.33 Å². The van der Waals surface area contributed by atoms with Gasteiger partial charge in [-0.15, -0.1) is 0 Å². The summed E-state index contributed by atoms with van der Waals surface area (Å²) < 4.78 is 18.3. The van der Waals surface area contributed by atoms with Gasteiger partial charge >= 0.3 is 11.9 Å². The lowest BCUT2D eigenvalue weighted by Crippen LogP contribution is -2.39. The van der Waals surface area contributed by atoms with E-state index in [4.69, 9.17) is 32.2 Å². The third kappa shape index (κ3) is 3.61. The van der Waals surface area contributed by atoms with E-state index in [0.717, 1.165) is 0 Å². The van der Waals surface area contributed by atoms with Crippen molar-refractivity contribution in [2.24, 2.45) is 0 Å². The van der Waals surface area contributed by atoms with Crippen LogP contribution in [0.2, 0.25) is 0 Å². The third-order valence-corrected chi connectivity index (χ3v) is 4.08. The van der Waals surface area contributed by atoms with Gasteiger partial charge in [-0.1, -0.05) is 12.2 Å². The number of aromatic amines is 2. The molecule has 1 aliphatic rings. The van der Waals surface area contributed by atoms with Crippen molar-refractivity contribution in [1.82, 2.24) is 15.0 Å². The van der Waals surface area contributed by atoms with Crippen LogP contribution in [0.25, 0.3) is 11.2 Å². The summed E-state index contributed by atoms with van der Waals surface area (Å²) in [6.45, 7) is 2.61. The minimum Gasteiger partial charge on any atom is -0.463 e. The smallest absolute Gasteiger partial charge is 0.303 e. The number of rotatable bonds is 4. The first-order valence-corrected chi connectivity index (χ1v) is 8.00. The quantitative estimate of drug-likeness (QED) is 0.397. The maximum Gasteiger partial charge on any atom is 0.303 e. The third-order valence-electron chi connectivity index (χ3n) is 3.78. The second-order valence-electron chi connectivity index (χ2n) is 5.65. The minimum absolute atomic E-state index is 0.00755. The van der Waals surface area contributed by atoms with E-state index in [2.05, 4.69) is 15.0 Å². The van der Waals surface area contributed by atoms with E-state index in [1.165, 1.54) is 13.8 Å². The number of nitrogens with two attached hydrogens (primary N) is 1. The molecule has 3 heterocycles. The Labute approximate surface area is 147 Å². The predicted molar refractivity (Wildman–Crippen MR) is 86.6 cm³/mol. The highest BCUT2D eigenvalue weighted by Gasteiger charge is 2.41. The van der Waals surface area contributed by atoms with Crippen molar-refractivity contribution in [2.75, 3.05) is 12.3 Å². The molecule has 0 radical (unpaired) electrons. The van der Waals surface area contributed by atoms with Gasteiger partial charge in [0.05, 0.1) is 0 Å². The molecular formula is C14H18N5O5S+. The molecule has 2 aromatic heterocycles. The van der Waals surface area contributed by atoms with Gasteiger partial charge in [0.25, 0.3) is 11.6 Å². The number of anilines is 1. The van der Waals surface area contributed by atoms with Gasteiger partial charge in [0.1, 0.15) is 18.8 Å². The average molecular weight is 368 g/mol. The summed E-state index contributed by atoms with van der Waals surface area (Å²) in [5.41, 5.74) is 6.94. The zero-order valence-corrected chi connectivity index (χ0v) is 14.5. The molecule has 134 valence electrons. The monoisotopic (exact) mass is 368 g/mol. The van der Waals surface area contributed by atoms with Crippen LogP contribution in [0.5, 0.6) is 0 Å². The van der Waals surface area contributed by atoms with Crippen LogP contribution >= 0.6 is 12.2 Å². The van der Waals surface area contributed by atoms with Gasteiger partial charge in [-0.05, 0) is 0 Å². The highest BCUT2D eigenvalue weighted by Crippen LogP contribution is 2.28. The molecule has 4 N–H and O–H groups in total. The summed E-state index contributed by atoms with van der Waals surface area (Å²) in [5.74, 6) is -0.688. The second kappa shape index (κ2) is 6.76. The van der Waals surface area contributed by atoms with E-state index in [1.54, 1.807) is 10.9 Å². The van der Waals surface area contributed by atoms with Crippen LogP contribution in [-0.4, -0.2) is 45.7 Å². The Morgan fingerprint density at radius 1 is 1.48 bits per heavy atom. The Bertz CT molecular complexity index is 878. The van der Waals surface area contributed by atoms with Crippen molar-refractivity contribution in [3.05, 3.63) is 11.0 Å². The van der Waals surface area contributed by atoms with Crippen molar-refractivity contribution >= 4 is 41.3 Å². The van der Waals surface area contributed by atoms with Gasteiger partial charge in [0.15, 0.2) is 17.2 Å². The molecule has 3 rings (SSSR count). The fourth-order valence-corrected chi connectivity index (χ4v) is 3.04. The molecule has 0 aromatic carbocycles. The summed E-state index contributed by atoms with van der Waals surface area (Å²) in [7, 11) is 0. The standard InChI is InChI=1S/C14H17N5O5S/c1-6(20)22-4-9-8(23-7(2)21)3-10(24-9)19-5-16-11-12(19)17-14(15)18-13(11)25/h5,8-10H,3-4H2,1-2H3,(H3,15,17,18,25)/p+1. The average Bonchev–Trinajstić information content (AvgIpc) is 3.08. The molecule has 0 saturated carbocycles. The summed E-state index contributed by atoms with van der Waals surface area (Å²) in [6, 6.07) is 0. The highest BCUT2D eigenvalue weighted by molar-refractivity contribution is 7.71. The zero-order valence-electron chi connectivity index (χ0n) is 13.6. The van der Waals surface area contributed by atoms with Crippen LogP contribution in [0.4, 0.5) is 5.95 Å². The van der Waals surface area contributed by atoms with Crippen molar-refractivity contribution < 1.29 is 28.4 Å². The lowest BCUT2D eigenvalue weighted by atomic mass is 10.2.